The number of nitrogens with zero attached hydrogens (tertiary/aromatic N) is 2. The number of ether oxygens (including phenoxy) is 3. The molecular formula is C19H20N3O8P. The summed E-state index contributed by atoms with van der Waals surface area (Å²) in [5, 5.41) is 0. The van der Waals surface area contributed by atoms with E-state index in [1.54, 1.807) is 38.1 Å². The minimum atomic E-state index is -1.96. The lowest BCUT2D eigenvalue weighted by molar-refractivity contribution is -0.199. The number of anilines is 1. The van der Waals surface area contributed by atoms with E-state index in [4.69, 9.17) is 33.5 Å². The predicted octanol–water partition coefficient (Wildman–Crippen LogP) is 1.74. The Morgan fingerprint density at radius 2 is 1.94 bits per heavy atom. The molecule has 0 aliphatic carbocycles. The molecule has 11 nitrogen and oxygen atoms in total. The maximum atomic E-state index is 12.3. The van der Waals surface area contributed by atoms with Crippen LogP contribution in [0.2, 0.25) is 0 Å². The molecule has 1 aromatic heterocycles. The van der Waals surface area contributed by atoms with E-state index < -0.39 is 50.6 Å². The summed E-state index contributed by atoms with van der Waals surface area (Å²) in [6, 6.07) is 8.26. The molecule has 2 aromatic rings. The molecule has 164 valence electrons. The van der Waals surface area contributed by atoms with Gasteiger partial charge >= 0.3 is 20.3 Å². The Morgan fingerprint density at radius 3 is 2.74 bits per heavy atom. The van der Waals surface area contributed by atoms with Crippen LogP contribution in [0.4, 0.5) is 5.82 Å². The number of nitrogens with two attached hydrogens (primary N) is 1. The largest absolute Gasteiger partial charge is 0.465 e. The average Bonchev–Trinajstić information content (AvgIpc) is 3.20. The molecule has 3 aliphatic rings. The Bertz CT molecular complexity index is 1080. The minimum Gasteiger partial charge on any atom is -0.417 e. The zero-order chi connectivity index (χ0) is 21.8. The third-order valence-corrected chi connectivity index (χ3v) is 6.05. The molecule has 3 aliphatic heterocycles. The molecule has 2 N–H and O–H groups in total. The lowest BCUT2D eigenvalue weighted by atomic mass is 10.1. The van der Waals surface area contributed by atoms with Crippen molar-refractivity contribution in [3.8, 4) is 5.75 Å². The third-order valence-electron chi connectivity index (χ3n) is 5.03. The molecule has 2 saturated heterocycles. The van der Waals surface area contributed by atoms with E-state index in [1.165, 1.54) is 16.8 Å². The number of carbonyl (C=O) groups excluding carboxylic acids is 1. The van der Waals surface area contributed by atoms with Crippen LogP contribution in [0.5, 0.6) is 5.75 Å². The van der Waals surface area contributed by atoms with Crippen LogP contribution in [0.3, 0.4) is 0 Å². The molecular weight excluding hydrogens is 429 g/mol. The van der Waals surface area contributed by atoms with Crippen LogP contribution in [-0.4, -0.2) is 46.2 Å². The SMILES string of the molecule is CC1(C)O[C@@H]2[C@H](O1)[C@@H](COP1OC(=O)c3ccccc3O1)O[C@H]2n1ccc(N)nc1=O. The molecule has 4 heterocycles. The molecule has 1 aromatic carbocycles. The van der Waals surface area contributed by atoms with Crippen molar-refractivity contribution in [3.05, 3.63) is 52.6 Å². The van der Waals surface area contributed by atoms with Crippen LogP contribution < -0.4 is 15.9 Å². The number of fused-ring (bicyclic) bond motifs is 2. The van der Waals surface area contributed by atoms with Gasteiger partial charge in [0.1, 0.15) is 35.4 Å². The first-order valence-electron chi connectivity index (χ1n) is 9.59. The lowest BCUT2D eigenvalue weighted by Crippen LogP contribution is -2.35. The molecule has 1 unspecified atom stereocenters. The number of rotatable bonds is 4. The van der Waals surface area contributed by atoms with Crippen LogP contribution in [0.15, 0.2) is 41.3 Å². The van der Waals surface area contributed by atoms with Crippen LogP contribution in [0.25, 0.3) is 0 Å². The smallest absolute Gasteiger partial charge is 0.417 e. The summed E-state index contributed by atoms with van der Waals surface area (Å²) in [5.74, 6) is -0.886. The number of hydrogen-bond acceptors (Lipinski definition) is 10. The van der Waals surface area contributed by atoms with Crippen molar-refractivity contribution in [1.82, 2.24) is 9.55 Å². The Morgan fingerprint density at radius 1 is 1.16 bits per heavy atom. The number of hydrogen-bond donors (Lipinski definition) is 1. The normalized spacial score (nSPS) is 30.9. The van der Waals surface area contributed by atoms with Crippen molar-refractivity contribution >= 4 is 20.4 Å². The number of carbonyl (C=O) groups is 1. The van der Waals surface area contributed by atoms with Gasteiger partial charge in [-0.05, 0) is 32.0 Å². The van der Waals surface area contributed by atoms with Gasteiger partial charge in [0, 0.05) is 6.20 Å². The van der Waals surface area contributed by atoms with Crippen molar-refractivity contribution in [2.45, 2.75) is 44.2 Å². The highest BCUT2D eigenvalue weighted by Crippen LogP contribution is 2.49. The van der Waals surface area contributed by atoms with Gasteiger partial charge in [-0.25, -0.2) is 9.59 Å². The van der Waals surface area contributed by atoms with E-state index in [0.29, 0.717) is 11.3 Å². The Balaban J connectivity index is 1.33. The minimum absolute atomic E-state index is 0.00455. The van der Waals surface area contributed by atoms with E-state index in [0.717, 1.165) is 0 Å². The van der Waals surface area contributed by atoms with E-state index in [-0.39, 0.29) is 12.4 Å². The predicted molar refractivity (Wildman–Crippen MR) is 106 cm³/mol. The molecule has 31 heavy (non-hydrogen) atoms. The second kappa shape index (κ2) is 7.54. The van der Waals surface area contributed by atoms with Crippen LogP contribution in [0, 0.1) is 0 Å². The summed E-state index contributed by atoms with van der Waals surface area (Å²) in [6.07, 6.45) is -0.994. The van der Waals surface area contributed by atoms with Crippen molar-refractivity contribution < 1.29 is 32.6 Å². The fraction of sp³-hybridized carbons (Fsp3) is 0.421. The summed E-state index contributed by atoms with van der Waals surface area (Å²) in [5.41, 5.74) is 5.36. The summed E-state index contributed by atoms with van der Waals surface area (Å²) in [6.45, 7) is 3.55. The van der Waals surface area contributed by atoms with E-state index in [1.807, 2.05) is 0 Å². The van der Waals surface area contributed by atoms with Gasteiger partial charge in [-0.1, -0.05) is 12.1 Å². The van der Waals surface area contributed by atoms with Crippen molar-refractivity contribution in [3.63, 3.8) is 0 Å². The third kappa shape index (κ3) is 3.79. The van der Waals surface area contributed by atoms with Gasteiger partial charge in [-0.2, -0.15) is 4.98 Å². The van der Waals surface area contributed by atoms with E-state index in [9.17, 15) is 9.59 Å². The highest BCUT2D eigenvalue weighted by Gasteiger charge is 2.56. The molecule has 5 atom stereocenters. The monoisotopic (exact) mass is 449 g/mol. The standard InChI is InChI=1S/C19H20N3O8P/c1-19(2)27-14-12(9-25-31-29-11-6-4-3-5-10(11)17(23)30-31)26-16(15(14)28-19)22-8-7-13(20)21-18(22)24/h3-8,12,14-16H,9H2,1-2H3,(H2,20,21,24)/t12-,14-,15-,16-,31?/m1/s1. The number of benzene rings is 1. The second-order valence-corrected chi connectivity index (χ2v) is 8.73. The average molecular weight is 449 g/mol. The first kappa shape index (κ1) is 20.3. The Labute approximate surface area is 178 Å². The van der Waals surface area contributed by atoms with Gasteiger partial charge in [0.15, 0.2) is 12.0 Å². The summed E-state index contributed by atoms with van der Waals surface area (Å²) >= 11 is 0. The molecule has 12 heteroatoms. The lowest BCUT2D eigenvalue weighted by Gasteiger charge is -2.26. The summed E-state index contributed by atoms with van der Waals surface area (Å²) < 4.78 is 35.9. The maximum Gasteiger partial charge on any atom is 0.465 e. The van der Waals surface area contributed by atoms with Gasteiger partial charge in [0.05, 0.1) is 6.61 Å². The Kier molecular flexibility index (Phi) is 4.95. The van der Waals surface area contributed by atoms with E-state index in [2.05, 4.69) is 4.98 Å². The van der Waals surface area contributed by atoms with Gasteiger partial charge in [-0.3, -0.25) is 9.09 Å². The fourth-order valence-electron chi connectivity index (χ4n) is 3.75. The number of nitrogen functional groups attached to an aromatic ring is 1. The number of aromatic nitrogens is 2. The number of para-hydroxylation sites is 1. The van der Waals surface area contributed by atoms with Gasteiger partial charge in [0.25, 0.3) is 0 Å². The van der Waals surface area contributed by atoms with Gasteiger partial charge in [-0.15, -0.1) is 0 Å². The van der Waals surface area contributed by atoms with Gasteiger partial charge < -0.3 is 29.0 Å². The zero-order valence-electron chi connectivity index (χ0n) is 16.7. The topological polar surface area (TPSA) is 133 Å². The molecule has 0 radical (unpaired) electrons. The first-order chi connectivity index (χ1) is 14.8. The maximum absolute atomic E-state index is 12.3. The highest BCUT2D eigenvalue weighted by atomic mass is 31.2. The van der Waals surface area contributed by atoms with Gasteiger partial charge in [0.2, 0.25) is 0 Å². The van der Waals surface area contributed by atoms with Crippen LogP contribution >= 0.6 is 8.60 Å². The molecule has 0 amide bonds. The zero-order valence-corrected chi connectivity index (χ0v) is 17.6. The summed E-state index contributed by atoms with van der Waals surface area (Å²) in [4.78, 5) is 28.2. The quantitative estimate of drug-likeness (QED) is 0.688. The van der Waals surface area contributed by atoms with Crippen molar-refractivity contribution in [2.75, 3.05) is 12.3 Å². The summed E-state index contributed by atoms with van der Waals surface area (Å²) in [7, 11) is -1.96. The molecule has 2 fully saturated rings. The first-order valence-corrected chi connectivity index (χ1v) is 10.7. The molecule has 0 saturated carbocycles. The Hall–Kier alpha value is -2.56. The van der Waals surface area contributed by atoms with E-state index >= 15 is 0 Å². The fourth-order valence-corrected chi connectivity index (χ4v) is 4.72. The van der Waals surface area contributed by atoms with Crippen LogP contribution in [-0.2, 0) is 23.3 Å². The molecule has 0 bridgehead atoms. The van der Waals surface area contributed by atoms with Crippen LogP contribution in [0.1, 0.15) is 30.4 Å². The van der Waals surface area contributed by atoms with Crippen molar-refractivity contribution in [1.29, 1.82) is 0 Å². The molecule has 0 spiro atoms. The van der Waals surface area contributed by atoms with Crippen molar-refractivity contribution in [2.24, 2.45) is 0 Å². The molecule has 5 rings (SSSR count). The highest BCUT2D eigenvalue weighted by molar-refractivity contribution is 7.43. The second-order valence-electron chi connectivity index (χ2n) is 7.66.